The fourth-order valence-corrected chi connectivity index (χ4v) is 2.90. The second-order valence-electron chi connectivity index (χ2n) is 5.65. The summed E-state index contributed by atoms with van der Waals surface area (Å²) in [5.74, 6) is 1.51. The summed E-state index contributed by atoms with van der Waals surface area (Å²) in [6.07, 6.45) is 5.45. The number of ether oxygens (including phenoxy) is 3. The SMILES string of the molecule is COc1cc(NC(=O)CCNC2CCCC2)cc(OC)c1OC. The lowest BCUT2D eigenvalue weighted by Gasteiger charge is -2.15. The zero-order valence-electron chi connectivity index (χ0n) is 14.1. The van der Waals surface area contributed by atoms with E-state index in [1.165, 1.54) is 25.7 Å². The summed E-state index contributed by atoms with van der Waals surface area (Å²) >= 11 is 0. The van der Waals surface area contributed by atoms with Crippen LogP contribution in [0.2, 0.25) is 0 Å². The van der Waals surface area contributed by atoms with Gasteiger partial charge in [-0.3, -0.25) is 4.79 Å². The molecule has 0 spiro atoms. The number of rotatable bonds is 8. The molecule has 0 radical (unpaired) electrons. The van der Waals surface area contributed by atoms with Crippen molar-refractivity contribution in [2.75, 3.05) is 33.2 Å². The van der Waals surface area contributed by atoms with Gasteiger partial charge in [0.2, 0.25) is 11.7 Å². The first kappa shape index (κ1) is 17.4. The predicted octanol–water partition coefficient (Wildman–Crippen LogP) is 2.57. The molecule has 6 nitrogen and oxygen atoms in total. The topological polar surface area (TPSA) is 68.8 Å². The molecule has 1 fully saturated rings. The highest BCUT2D eigenvalue weighted by Gasteiger charge is 2.16. The quantitative estimate of drug-likeness (QED) is 0.770. The van der Waals surface area contributed by atoms with Crippen molar-refractivity contribution in [1.29, 1.82) is 0 Å². The molecule has 1 aliphatic rings. The molecule has 6 heteroatoms. The first-order valence-corrected chi connectivity index (χ1v) is 8.01. The summed E-state index contributed by atoms with van der Waals surface area (Å²) in [7, 11) is 4.65. The predicted molar refractivity (Wildman–Crippen MR) is 89.6 cm³/mol. The number of benzene rings is 1. The number of anilines is 1. The largest absolute Gasteiger partial charge is 0.493 e. The maximum absolute atomic E-state index is 12.1. The Bertz CT molecular complexity index is 502. The molecule has 1 aliphatic carbocycles. The molecule has 0 bridgehead atoms. The van der Waals surface area contributed by atoms with Gasteiger partial charge in [0.25, 0.3) is 0 Å². The van der Waals surface area contributed by atoms with E-state index in [2.05, 4.69) is 10.6 Å². The highest BCUT2D eigenvalue weighted by atomic mass is 16.5. The van der Waals surface area contributed by atoms with Crippen molar-refractivity contribution in [3.8, 4) is 17.2 Å². The van der Waals surface area contributed by atoms with Gasteiger partial charge in [0.1, 0.15) is 0 Å². The van der Waals surface area contributed by atoms with Crippen molar-refractivity contribution in [2.45, 2.75) is 38.1 Å². The lowest BCUT2D eigenvalue weighted by molar-refractivity contribution is -0.116. The van der Waals surface area contributed by atoms with Crippen LogP contribution in [-0.2, 0) is 4.79 Å². The zero-order chi connectivity index (χ0) is 16.7. The molecular formula is C17H26N2O4. The van der Waals surface area contributed by atoms with E-state index in [1.54, 1.807) is 33.5 Å². The molecular weight excluding hydrogens is 296 g/mol. The van der Waals surface area contributed by atoms with Crippen molar-refractivity contribution in [2.24, 2.45) is 0 Å². The number of amides is 1. The fourth-order valence-electron chi connectivity index (χ4n) is 2.90. The Morgan fingerprint density at radius 2 is 1.70 bits per heavy atom. The molecule has 0 atom stereocenters. The van der Waals surface area contributed by atoms with Crippen molar-refractivity contribution in [3.05, 3.63) is 12.1 Å². The maximum Gasteiger partial charge on any atom is 0.225 e. The highest BCUT2D eigenvalue weighted by molar-refractivity contribution is 5.91. The second-order valence-corrected chi connectivity index (χ2v) is 5.65. The molecule has 2 rings (SSSR count). The lowest BCUT2D eigenvalue weighted by atomic mass is 10.2. The average molecular weight is 322 g/mol. The van der Waals surface area contributed by atoms with Crippen molar-refractivity contribution < 1.29 is 19.0 Å². The Labute approximate surface area is 137 Å². The Kier molecular flexibility index (Phi) is 6.52. The standard InChI is InChI=1S/C17H26N2O4/c1-21-14-10-13(11-15(22-2)17(14)23-3)19-16(20)8-9-18-12-6-4-5-7-12/h10-12,18H,4-9H2,1-3H3,(H,19,20). The van der Waals surface area contributed by atoms with Gasteiger partial charge in [-0.1, -0.05) is 12.8 Å². The molecule has 0 aromatic heterocycles. The van der Waals surface area contributed by atoms with Crippen LogP contribution in [0.5, 0.6) is 17.2 Å². The maximum atomic E-state index is 12.1. The minimum atomic E-state index is -0.0373. The summed E-state index contributed by atoms with van der Waals surface area (Å²) in [6.45, 7) is 0.695. The number of hydrogen-bond donors (Lipinski definition) is 2. The van der Waals surface area contributed by atoms with Crippen LogP contribution in [0.3, 0.4) is 0 Å². The Balaban J connectivity index is 1.91. The van der Waals surface area contributed by atoms with E-state index in [4.69, 9.17) is 14.2 Å². The molecule has 128 valence electrons. The van der Waals surface area contributed by atoms with Gasteiger partial charge in [-0.15, -0.1) is 0 Å². The monoisotopic (exact) mass is 322 g/mol. The number of hydrogen-bond acceptors (Lipinski definition) is 5. The molecule has 2 N–H and O–H groups in total. The zero-order valence-corrected chi connectivity index (χ0v) is 14.1. The molecule has 0 aliphatic heterocycles. The molecule has 0 unspecified atom stereocenters. The van der Waals surface area contributed by atoms with E-state index in [1.807, 2.05) is 0 Å². The average Bonchev–Trinajstić information content (AvgIpc) is 3.07. The van der Waals surface area contributed by atoms with Crippen molar-refractivity contribution >= 4 is 11.6 Å². The van der Waals surface area contributed by atoms with E-state index in [0.717, 1.165) is 0 Å². The number of carbonyl (C=O) groups is 1. The Hall–Kier alpha value is -1.95. The molecule has 1 amide bonds. The van der Waals surface area contributed by atoms with Crippen LogP contribution in [-0.4, -0.2) is 39.8 Å². The molecule has 1 aromatic carbocycles. The smallest absolute Gasteiger partial charge is 0.225 e. The molecule has 1 saturated carbocycles. The summed E-state index contributed by atoms with van der Waals surface area (Å²) in [4.78, 5) is 12.1. The van der Waals surface area contributed by atoms with Gasteiger partial charge in [0, 0.05) is 36.8 Å². The van der Waals surface area contributed by atoms with Crippen LogP contribution in [0.15, 0.2) is 12.1 Å². The number of carbonyl (C=O) groups excluding carboxylic acids is 1. The van der Waals surface area contributed by atoms with Crippen LogP contribution in [0, 0.1) is 0 Å². The number of methoxy groups -OCH3 is 3. The van der Waals surface area contributed by atoms with E-state index >= 15 is 0 Å². The summed E-state index contributed by atoms with van der Waals surface area (Å²) in [6, 6.07) is 4.02. The van der Waals surface area contributed by atoms with Gasteiger partial charge in [0.05, 0.1) is 21.3 Å². The summed E-state index contributed by atoms with van der Waals surface area (Å²) in [5.41, 5.74) is 0.630. The van der Waals surface area contributed by atoms with Crippen LogP contribution in [0.1, 0.15) is 32.1 Å². The Morgan fingerprint density at radius 1 is 1.09 bits per heavy atom. The van der Waals surface area contributed by atoms with Crippen LogP contribution in [0.4, 0.5) is 5.69 Å². The van der Waals surface area contributed by atoms with E-state index < -0.39 is 0 Å². The van der Waals surface area contributed by atoms with Gasteiger partial charge in [-0.05, 0) is 12.8 Å². The fraction of sp³-hybridized carbons (Fsp3) is 0.588. The highest BCUT2D eigenvalue weighted by Crippen LogP contribution is 2.39. The van der Waals surface area contributed by atoms with Gasteiger partial charge in [-0.25, -0.2) is 0 Å². The third-order valence-electron chi connectivity index (χ3n) is 4.09. The first-order valence-electron chi connectivity index (χ1n) is 8.01. The third-order valence-corrected chi connectivity index (χ3v) is 4.09. The van der Waals surface area contributed by atoms with E-state index in [-0.39, 0.29) is 5.91 Å². The van der Waals surface area contributed by atoms with Crippen LogP contribution < -0.4 is 24.8 Å². The van der Waals surface area contributed by atoms with E-state index in [0.29, 0.717) is 41.9 Å². The molecule has 0 heterocycles. The van der Waals surface area contributed by atoms with Crippen molar-refractivity contribution in [3.63, 3.8) is 0 Å². The van der Waals surface area contributed by atoms with Gasteiger partial charge < -0.3 is 24.8 Å². The summed E-state index contributed by atoms with van der Waals surface area (Å²) in [5, 5.41) is 6.30. The molecule has 1 aromatic rings. The normalized spacial score (nSPS) is 14.6. The minimum absolute atomic E-state index is 0.0373. The second kappa shape index (κ2) is 8.62. The molecule has 0 saturated heterocycles. The number of nitrogens with one attached hydrogen (secondary N) is 2. The first-order chi connectivity index (χ1) is 11.2. The van der Waals surface area contributed by atoms with Crippen LogP contribution in [0.25, 0.3) is 0 Å². The van der Waals surface area contributed by atoms with E-state index in [9.17, 15) is 4.79 Å². The van der Waals surface area contributed by atoms with Gasteiger partial charge in [-0.2, -0.15) is 0 Å². The van der Waals surface area contributed by atoms with Gasteiger partial charge in [0.15, 0.2) is 11.5 Å². The Morgan fingerprint density at radius 3 is 2.22 bits per heavy atom. The summed E-state index contributed by atoms with van der Waals surface area (Å²) < 4.78 is 15.8. The van der Waals surface area contributed by atoms with Crippen molar-refractivity contribution in [1.82, 2.24) is 5.32 Å². The van der Waals surface area contributed by atoms with Gasteiger partial charge >= 0.3 is 0 Å². The lowest BCUT2D eigenvalue weighted by Crippen LogP contribution is -2.29. The third kappa shape index (κ3) is 4.76. The van der Waals surface area contributed by atoms with Crippen LogP contribution >= 0.6 is 0 Å². The molecule has 23 heavy (non-hydrogen) atoms. The minimum Gasteiger partial charge on any atom is -0.493 e.